The van der Waals surface area contributed by atoms with E-state index in [0.29, 0.717) is 11.4 Å². The second-order valence-corrected chi connectivity index (χ2v) is 3.48. The fourth-order valence-corrected chi connectivity index (χ4v) is 1.56. The number of benzene rings is 1. The van der Waals surface area contributed by atoms with Gasteiger partial charge < -0.3 is 11.5 Å². The predicted octanol–water partition coefficient (Wildman–Crippen LogP) is 2.22. The van der Waals surface area contributed by atoms with Crippen LogP contribution in [0.3, 0.4) is 0 Å². The van der Waals surface area contributed by atoms with Crippen molar-refractivity contribution in [1.29, 1.82) is 0 Å². The summed E-state index contributed by atoms with van der Waals surface area (Å²) >= 11 is 0. The average molecular weight is 199 g/mol. The van der Waals surface area contributed by atoms with Gasteiger partial charge in [0, 0.05) is 11.8 Å². The number of nitrogens with two attached hydrogens (primary N) is 2. The predicted molar refractivity (Wildman–Crippen MR) is 63.2 cm³/mol. The molecule has 0 atom stereocenters. The summed E-state index contributed by atoms with van der Waals surface area (Å²) in [6.07, 6.45) is 1.75. The van der Waals surface area contributed by atoms with Crippen LogP contribution in [-0.4, -0.2) is 4.98 Å². The van der Waals surface area contributed by atoms with Gasteiger partial charge in [0.25, 0.3) is 0 Å². The largest absolute Gasteiger partial charge is 0.397 e. The molecule has 1 aromatic carbocycles. The molecule has 0 saturated carbocycles. The minimum Gasteiger partial charge on any atom is -0.397 e. The van der Waals surface area contributed by atoms with E-state index < -0.39 is 0 Å². The maximum absolute atomic E-state index is 5.92. The highest BCUT2D eigenvalue weighted by molar-refractivity contribution is 5.83. The van der Waals surface area contributed by atoms with Crippen LogP contribution in [0.25, 0.3) is 11.3 Å². The summed E-state index contributed by atoms with van der Waals surface area (Å²) in [5, 5.41) is 0. The number of nitrogens with zero attached hydrogens (tertiary/aromatic N) is 1. The molecule has 0 unspecified atom stereocenters. The second kappa shape index (κ2) is 3.61. The van der Waals surface area contributed by atoms with E-state index in [9.17, 15) is 0 Å². The Morgan fingerprint density at radius 2 is 1.87 bits per heavy atom. The standard InChI is InChI=1S/C12H13N3/c1-8-4-3-7-15-12(8)9-5-2-6-10(13)11(9)14/h2-7H,13-14H2,1H3. The number of anilines is 2. The average Bonchev–Trinajstić information content (AvgIpc) is 2.23. The Bertz CT molecular complexity index is 492. The van der Waals surface area contributed by atoms with Gasteiger partial charge >= 0.3 is 0 Å². The summed E-state index contributed by atoms with van der Waals surface area (Å²) in [6.45, 7) is 2.00. The van der Waals surface area contributed by atoms with Crippen LogP contribution < -0.4 is 11.5 Å². The molecule has 0 fully saturated rings. The summed E-state index contributed by atoms with van der Waals surface area (Å²) < 4.78 is 0. The van der Waals surface area contributed by atoms with Crippen LogP contribution in [0.4, 0.5) is 11.4 Å². The molecule has 0 spiro atoms. The van der Waals surface area contributed by atoms with Gasteiger partial charge in [-0.3, -0.25) is 4.98 Å². The zero-order valence-electron chi connectivity index (χ0n) is 8.57. The lowest BCUT2D eigenvalue weighted by Gasteiger charge is -2.09. The molecule has 2 aromatic rings. The number of hydrogen-bond acceptors (Lipinski definition) is 3. The van der Waals surface area contributed by atoms with Crippen LogP contribution in [0.15, 0.2) is 36.5 Å². The summed E-state index contributed by atoms with van der Waals surface area (Å²) in [6, 6.07) is 9.51. The summed E-state index contributed by atoms with van der Waals surface area (Å²) in [7, 11) is 0. The van der Waals surface area contributed by atoms with Gasteiger partial charge in [-0.1, -0.05) is 18.2 Å². The Hall–Kier alpha value is -2.03. The quantitative estimate of drug-likeness (QED) is 0.692. The molecule has 0 aliphatic carbocycles. The second-order valence-electron chi connectivity index (χ2n) is 3.48. The molecule has 0 saturated heterocycles. The van der Waals surface area contributed by atoms with E-state index in [0.717, 1.165) is 16.8 Å². The fraction of sp³-hybridized carbons (Fsp3) is 0.0833. The number of hydrogen-bond donors (Lipinski definition) is 2. The molecule has 0 amide bonds. The highest BCUT2D eigenvalue weighted by Crippen LogP contribution is 2.30. The number of rotatable bonds is 1. The first-order valence-electron chi connectivity index (χ1n) is 4.76. The van der Waals surface area contributed by atoms with Gasteiger partial charge in [0.2, 0.25) is 0 Å². The van der Waals surface area contributed by atoms with Crippen LogP contribution in [-0.2, 0) is 0 Å². The van der Waals surface area contributed by atoms with Gasteiger partial charge in [0.15, 0.2) is 0 Å². The third kappa shape index (κ3) is 1.64. The molecule has 1 aromatic heterocycles. The molecule has 0 radical (unpaired) electrons. The molecule has 1 heterocycles. The Kier molecular flexibility index (Phi) is 2.29. The van der Waals surface area contributed by atoms with Crippen LogP contribution in [0.2, 0.25) is 0 Å². The number of aryl methyl sites for hydroxylation is 1. The lowest BCUT2D eigenvalue weighted by atomic mass is 10.0. The lowest BCUT2D eigenvalue weighted by molar-refractivity contribution is 1.27. The first-order valence-corrected chi connectivity index (χ1v) is 4.76. The van der Waals surface area contributed by atoms with Crippen molar-refractivity contribution in [2.75, 3.05) is 11.5 Å². The monoisotopic (exact) mass is 199 g/mol. The van der Waals surface area contributed by atoms with Crippen molar-refractivity contribution in [3.63, 3.8) is 0 Å². The van der Waals surface area contributed by atoms with Crippen LogP contribution in [0, 0.1) is 6.92 Å². The molecular formula is C12H13N3. The summed E-state index contributed by atoms with van der Waals surface area (Å²) in [5.41, 5.74) is 15.7. The topological polar surface area (TPSA) is 64.9 Å². The van der Waals surface area contributed by atoms with Crippen LogP contribution >= 0.6 is 0 Å². The first-order chi connectivity index (χ1) is 7.20. The molecule has 3 nitrogen and oxygen atoms in total. The van der Waals surface area contributed by atoms with E-state index in [1.54, 1.807) is 12.3 Å². The van der Waals surface area contributed by atoms with Crippen molar-refractivity contribution >= 4 is 11.4 Å². The molecule has 15 heavy (non-hydrogen) atoms. The highest BCUT2D eigenvalue weighted by Gasteiger charge is 2.07. The number of para-hydroxylation sites is 1. The normalized spacial score (nSPS) is 10.2. The third-order valence-electron chi connectivity index (χ3n) is 2.40. The molecule has 3 heteroatoms. The van der Waals surface area contributed by atoms with Crippen molar-refractivity contribution in [2.24, 2.45) is 0 Å². The molecule has 0 aliphatic heterocycles. The zero-order chi connectivity index (χ0) is 10.8. The van der Waals surface area contributed by atoms with Gasteiger partial charge in [0.1, 0.15) is 0 Å². The molecule has 0 aliphatic rings. The van der Waals surface area contributed by atoms with E-state index in [2.05, 4.69) is 4.98 Å². The van der Waals surface area contributed by atoms with E-state index in [4.69, 9.17) is 11.5 Å². The summed E-state index contributed by atoms with van der Waals surface area (Å²) in [4.78, 5) is 4.31. The Labute approximate surface area is 88.8 Å². The van der Waals surface area contributed by atoms with Crippen molar-refractivity contribution in [1.82, 2.24) is 4.98 Å². The van der Waals surface area contributed by atoms with Gasteiger partial charge in [-0.25, -0.2) is 0 Å². The zero-order valence-corrected chi connectivity index (χ0v) is 8.57. The van der Waals surface area contributed by atoms with Crippen molar-refractivity contribution in [3.8, 4) is 11.3 Å². The van der Waals surface area contributed by atoms with Gasteiger partial charge in [-0.15, -0.1) is 0 Å². The van der Waals surface area contributed by atoms with Crippen LogP contribution in [0.5, 0.6) is 0 Å². The minimum atomic E-state index is 0.595. The smallest absolute Gasteiger partial charge is 0.0752 e. The minimum absolute atomic E-state index is 0.595. The molecular weight excluding hydrogens is 186 g/mol. The number of aromatic nitrogens is 1. The molecule has 76 valence electrons. The molecule has 4 N–H and O–H groups in total. The van der Waals surface area contributed by atoms with Gasteiger partial charge in [-0.05, 0) is 24.6 Å². The van der Waals surface area contributed by atoms with E-state index in [1.807, 2.05) is 31.2 Å². The Balaban J connectivity index is 2.65. The number of nitrogen functional groups attached to an aromatic ring is 2. The van der Waals surface area contributed by atoms with E-state index in [1.165, 1.54) is 0 Å². The van der Waals surface area contributed by atoms with Crippen molar-refractivity contribution in [3.05, 3.63) is 42.1 Å². The summed E-state index contributed by atoms with van der Waals surface area (Å²) in [5.74, 6) is 0. The highest BCUT2D eigenvalue weighted by atomic mass is 14.7. The maximum Gasteiger partial charge on any atom is 0.0752 e. The van der Waals surface area contributed by atoms with Gasteiger partial charge in [-0.2, -0.15) is 0 Å². The van der Waals surface area contributed by atoms with Crippen molar-refractivity contribution in [2.45, 2.75) is 6.92 Å². The SMILES string of the molecule is Cc1cccnc1-c1cccc(N)c1N. The fourth-order valence-electron chi connectivity index (χ4n) is 1.56. The molecule has 2 rings (SSSR count). The number of pyridine rings is 1. The third-order valence-corrected chi connectivity index (χ3v) is 2.40. The maximum atomic E-state index is 5.92. The van der Waals surface area contributed by atoms with Crippen LogP contribution in [0.1, 0.15) is 5.56 Å². The van der Waals surface area contributed by atoms with E-state index in [-0.39, 0.29) is 0 Å². The molecule has 0 bridgehead atoms. The van der Waals surface area contributed by atoms with Gasteiger partial charge in [0.05, 0.1) is 17.1 Å². The van der Waals surface area contributed by atoms with E-state index >= 15 is 0 Å². The Morgan fingerprint density at radius 1 is 1.07 bits per heavy atom. The first kappa shape index (κ1) is 9.52. The lowest BCUT2D eigenvalue weighted by Crippen LogP contribution is -1.98. The van der Waals surface area contributed by atoms with Crippen molar-refractivity contribution < 1.29 is 0 Å². The Morgan fingerprint density at radius 3 is 2.60 bits per heavy atom.